The van der Waals surface area contributed by atoms with Crippen molar-refractivity contribution in [3.8, 4) is 11.1 Å². The minimum Gasteiger partial charge on any atom is -0.0622 e. The Bertz CT molecular complexity index is 1940. The van der Waals surface area contributed by atoms with Crippen LogP contribution in [0.25, 0.3) is 11.1 Å². The van der Waals surface area contributed by atoms with Gasteiger partial charge in [0.15, 0.2) is 0 Å². The molecule has 0 amide bonds. The van der Waals surface area contributed by atoms with Gasteiger partial charge in [-0.3, -0.25) is 0 Å². The van der Waals surface area contributed by atoms with Gasteiger partial charge in [0.25, 0.3) is 0 Å². The monoisotopic (exact) mass is 942 g/mol. The topological polar surface area (TPSA) is 0 Å². The second-order valence-corrected chi connectivity index (χ2v) is 21.3. The van der Waals surface area contributed by atoms with E-state index in [1.54, 1.807) is 33.4 Å². The zero-order valence-electron chi connectivity index (χ0n) is 35.1. The van der Waals surface area contributed by atoms with Gasteiger partial charge in [-0.2, -0.15) is 0 Å². The molecular weight excluding hydrogens is 883 g/mol. The summed E-state index contributed by atoms with van der Waals surface area (Å²) in [6.07, 6.45) is 15.8. The first-order valence-electron chi connectivity index (χ1n) is 21.8. The first-order valence-corrected chi connectivity index (χ1v) is 26.7. The quantitative estimate of drug-likeness (QED) is 0.105. The molecule has 5 heteroatoms. The van der Waals surface area contributed by atoms with Gasteiger partial charge in [-0.15, -0.1) is 0 Å². The SMILES string of the molecule is CC1CCC(C(C)C)CC1.[Cl-].[Cl][Ru+].c1ccc(P(c2ccccc2)c2ccc3c(c2-c2c(P(c4ccccc4)c4ccccc4)ccc4c2CCCC4)CCCC3)cc1. The summed E-state index contributed by atoms with van der Waals surface area (Å²) in [4.78, 5) is 0. The third-order valence-corrected chi connectivity index (χ3v) is 17.8. The van der Waals surface area contributed by atoms with Crippen LogP contribution in [0, 0.1) is 17.8 Å². The van der Waals surface area contributed by atoms with E-state index in [4.69, 9.17) is 0 Å². The summed E-state index contributed by atoms with van der Waals surface area (Å²) in [5, 5.41) is 8.79. The Kier molecular flexibility index (Phi) is 17.9. The molecule has 0 atom stereocenters. The zero-order valence-corrected chi connectivity index (χ0v) is 40.1. The van der Waals surface area contributed by atoms with Crippen molar-refractivity contribution in [2.45, 2.75) is 97.8 Å². The number of halogens is 2. The van der Waals surface area contributed by atoms with Crippen LogP contribution in [0.5, 0.6) is 0 Å². The summed E-state index contributed by atoms with van der Waals surface area (Å²) in [7, 11) is 3.07. The van der Waals surface area contributed by atoms with Crippen molar-refractivity contribution in [3.05, 3.63) is 168 Å². The minimum atomic E-state index is -0.752. The van der Waals surface area contributed by atoms with Gasteiger partial charge in [0.05, 0.1) is 0 Å². The van der Waals surface area contributed by atoms with E-state index in [0.29, 0.717) is 0 Å². The normalized spacial score (nSPS) is 17.1. The summed E-state index contributed by atoms with van der Waals surface area (Å²) in [6.45, 7) is 7.11. The molecule has 0 spiro atoms. The smallest absolute Gasteiger partial charge is 0.00559 e. The van der Waals surface area contributed by atoms with Gasteiger partial charge < -0.3 is 12.4 Å². The van der Waals surface area contributed by atoms with Crippen LogP contribution >= 0.6 is 25.5 Å². The summed E-state index contributed by atoms with van der Waals surface area (Å²) >= 11 is 1.82. The van der Waals surface area contributed by atoms with E-state index in [9.17, 15) is 0 Å². The minimum absolute atomic E-state index is 0. The van der Waals surface area contributed by atoms with E-state index in [1.165, 1.54) is 109 Å². The predicted molar refractivity (Wildman–Crippen MR) is 254 cm³/mol. The molecular formula is C54H60Cl2P2Ru. The molecule has 6 aromatic carbocycles. The van der Waals surface area contributed by atoms with Crippen molar-refractivity contribution < 1.29 is 29.7 Å². The fourth-order valence-electron chi connectivity index (χ4n) is 9.68. The first-order chi connectivity index (χ1) is 28.6. The second kappa shape index (κ2) is 23.0. The van der Waals surface area contributed by atoms with Crippen LogP contribution in [0.3, 0.4) is 0 Å². The molecule has 0 N–H and O–H groups in total. The van der Waals surface area contributed by atoms with E-state index >= 15 is 0 Å². The average Bonchev–Trinajstić information content (AvgIpc) is 3.29. The Hall–Kier alpha value is -2.62. The molecule has 1 saturated carbocycles. The molecule has 0 nitrogen and oxygen atoms in total. The van der Waals surface area contributed by atoms with E-state index in [1.807, 2.05) is 17.3 Å². The Balaban J connectivity index is 0.000000393. The maximum absolute atomic E-state index is 4.57. The molecule has 0 aromatic heterocycles. The van der Waals surface area contributed by atoms with Crippen LogP contribution in [0.1, 0.15) is 94.4 Å². The van der Waals surface area contributed by atoms with Gasteiger partial charge in [0.2, 0.25) is 0 Å². The maximum atomic E-state index is 4.57. The number of aryl methyl sites for hydroxylation is 2. The van der Waals surface area contributed by atoms with Gasteiger partial charge in [-0.25, -0.2) is 0 Å². The fourth-order valence-corrected chi connectivity index (χ4v) is 14.7. The van der Waals surface area contributed by atoms with Gasteiger partial charge >= 0.3 is 27.0 Å². The zero-order chi connectivity index (χ0) is 40.3. The van der Waals surface area contributed by atoms with Gasteiger partial charge in [-0.05, 0) is 163 Å². The number of benzene rings is 6. The average molecular weight is 943 g/mol. The molecule has 0 aliphatic heterocycles. The van der Waals surface area contributed by atoms with E-state index in [-0.39, 0.29) is 12.4 Å². The third-order valence-electron chi connectivity index (χ3n) is 12.8. The van der Waals surface area contributed by atoms with Crippen LogP contribution < -0.4 is 44.2 Å². The molecule has 0 bridgehead atoms. The number of fused-ring (bicyclic) bond motifs is 2. The number of rotatable bonds is 8. The second-order valence-electron chi connectivity index (χ2n) is 16.9. The van der Waals surface area contributed by atoms with Crippen molar-refractivity contribution in [3.63, 3.8) is 0 Å². The largest absolute Gasteiger partial charge is 0.0622 e. The molecule has 3 aliphatic carbocycles. The van der Waals surface area contributed by atoms with Crippen molar-refractivity contribution in [1.29, 1.82) is 0 Å². The van der Waals surface area contributed by atoms with Crippen molar-refractivity contribution in [2.24, 2.45) is 17.8 Å². The number of hydrogen-bond acceptors (Lipinski definition) is 0. The van der Waals surface area contributed by atoms with Gasteiger partial charge in [0, 0.05) is 0 Å². The van der Waals surface area contributed by atoms with Crippen molar-refractivity contribution >= 4 is 57.4 Å². The first kappa shape index (κ1) is 45.9. The Morgan fingerprint density at radius 1 is 0.458 bits per heavy atom. The van der Waals surface area contributed by atoms with E-state index in [2.05, 4.69) is 176 Å². The molecule has 3 aliphatic rings. The molecule has 0 saturated heterocycles. The standard InChI is InChI=1S/C44H40P2.C10H20.2ClH.Ru/c1-5-19-35(20-6-1)45(36-21-7-2-8-22-36)41-31-29-33-17-13-15-27-39(33)43(41)44-40-28-16-14-18-34(40)30-32-42(44)46(37-23-9-3-10-24-37)38-25-11-4-12-26-38;1-8(2)10-6-4-9(3)5-7-10;;;/h1-12,19-26,29-32H,13-18,27-28H2;8-10H,4-7H2,1-3H3;2*1H;/q;;;;+2/p-2. The molecule has 0 heterocycles. The van der Waals surface area contributed by atoms with Gasteiger partial charge in [0.1, 0.15) is 0 Å². The van der Waals surface area contributed by atoms with Crippen LogP contribution in [0.4, 0.5) is 0 Å². The molecule has 1 fully saturated rings. The molecule has 9 rings (SSSR count). The van der Waals surface area contributed by atoms with Crippen molar-refractivity contribution in [1.82, 2.24) is 0 Å². The van der Waals surface area contributed by atoms with Crippen LogP contribution in [-0.2, 0) is 43.0 Å². The Labute approximate surface area is 379 Å². The van der Waals surface area contributed by atoms with Gasteiger partial charge in [-0.1, -0.05) is 179 Å². The summed E-state index contributed by atoms with van der Waals surface area (Å²) in [5.41, 5.74) is 9.54. The van der Waals surface area contributed by atoms with Crippen LogP contribution in [0.2, 0.25) is 0 Å². The van der Waals surface area contributed by atoms with E-state index in [0.717, 1.165) is 17.8 Å². The Morgan fingerprint density at radius 3 is 1.10 bits per heavy atom. The fraction of sp³-hybridized carbons (Fsp3) is 0.333. The summed E-state index contributed by atoms with van der Waals surface area (Å²) < 4.78 is 0. The summed E-state index contributed by atoms with van der Waals surface area (Å²) in [5.74, 6) is 2.97. The molecule has 0 unspecified atom stereocenters. The predicted octanol–water partition coefficient (Wildman–Crippen LogP) is 9.79. The van der Waals surface area contributed by atoms with Crippen molar-refractivity contribution in [2.75, 3.05) is 0 Å². The molecule has 308 valence electrons. The molecule has 6 aromatic rings. The number of hydrogen-bond donors (Lipinski definition) is 0. The van der Waals surface area contributed by atoms with Crippen LogP contribution in [0.15, 0.2) is 146 Å². The van der Waals surface area contributed by atoms with Crippen LogP contribution in [-0.4, -0.2) is 0 Å². The summed E-state index contributed by atoms with van der Waals surface area (Å²) in [6, 6.07) is 55.5. The van der Waals surface area contributed by atoms with E-state index < -0.39 is 15.8 Å². The maximum Gasteiger partial charge on any atom is -0.00559 e. The molecule has 0 radical (unpaired) electrons. The molecule has 59 heavy (non-hydrogen) atoms. The third kappa shape index (κ3) is 11.1. The Morgan fingerprint density at radius 2 is 0.780 bits per heavy atom.